The summed E-state index contributed by atoms with van der Waals surface area (Å²) in [5.41, 5.74) is -0.771. The lowest BCUT2D eigenvalue weighted by atomic mass is 9.43. The second kappa shape index (κ2) is 16.2. The fraction of sp³-hybridized carbons (Fsp3) is 0.933. The Kier molecular flexibility index (Phi) is 13.0. The van der Waals surface area contributed by atoms with Crippen LogP contribution in [0.4, 0.5) is 0 Å². The lowest BCUT2D eigenvalue weighted by Crippen LogP contribution is -2.63. The standard InChI is InChI=1S/C30H48O16S2/c1-14(2)9-22(32)40-25-24(42-48-46-44-37)23(41-47-45-43-36)20(13-31)39-28(25)38-17-10-18(27(34)35)19-7-8-30-11-16(15(3)26(30)33)5-6-21(30)29(19,4)12-17/h14-21,23-26,28,31,33,36-37H,5-13H2,1-4H3,(H,34,35)/p-2/t15?,16?,17?,18?,19?,20?,21?,23-,24-,25?,26+,28-,29?,30?/m1/s1. The lowest BCUT2D eigenvalue weighted by molar-refractivity contribution is -0.778. The Morgan fingerprint density at radius 2 is 1.71 bits per heavy atom. The monoisotopic (exact) mass is 726 g/mol. The molecule has 2 bridgehead atoms. The topological polar surface area (TPSA) is 224 Å². The van der Waals surface area contributed by atoms with Crippen LogP contribution < -0.4 is 10.5 Å². The third-order valence-corrected chi connectivity index (χ3v) is 12.7. The van der Waals surface area contributed by atoms with Gasteiger partial charge in [0.25, 0.3) is 0 Å². The summed E-state index contributed by atoms with van der Waals surface area (Å²) < 4.78 is 38.1. The summed E-state index contributed by atoms with van der Waals surface area (Å²) in [6.07, 6.45) is -2.95. The number of aliphatic carboxylic acids is 1. The molecule has 18 heteroatoms. The fourth-order valence-corrected chi connectivity index (χ4v) is 10.8. The number of hydrogen-bond acceptors (Lipinski definition) is 17. The molecule has 4 aliphatic carbocycles. The molecule has 0 amide bonds. The number of fused-ring (bicyclic) bond motifs is 3. The number of carboxylic acid groups (broad SMARTS) is 1. The molecule has 48 heavy (non-hydrogen) atoms. The van der Waals surface area contributed by atoms with Crippen LogP contribution in [0.3, 0.4) is 0 Å². The Morgan fingerprint density at radius 3 is 2.33 bits per heavy atom. The molecule has 0 aromatic carbocycles. The van der Waals surface area contributed by atoms with Gasteiger partial charge >= 0.3 is 11.9 Å². The van der Waals surface area contributed by atoms with Gasteiger partial charge in [0, 0.05) is 11.8 Å². The van der Waals surface area contributed by atoms with Crippen molar-refractivity contribution in [2.24, 2.45) is 46.3 Å². The summed E-state index contributed by atoms with van der Waals surface area (Å²) in [4.78, 5) is 25.9. The minimum Gasteiger partial charge on any atom is -0.691 e. The highest BCUT2D eigenvalue weighted by Gasteiger charge is 2.67. The number of hydrogen-bond donors (Lipinski definition) is 3. The van der Waals surface area contributed by atoms with Crippen molar-refractivity contribution in [3.05, 3.63) is 0 Å². The van der Waals surface area contributed by atoms with Crippen LogP contribution in [-0.2, 0) is 50.9 Å². The number of esters is 1. The zero-order valence-corrected chi connectivity index (χ0v) is 29.0. The van der Waals surface area contributed by atoms with Gasteiger partial charge in [0.1, 0.15) is 18.3 Å². The molecule has 1 saturated heterocycles. The van der Waals surface area contributed by atoms with E-state index in [4.69, 9.17) is 22.6 Å². The minimum absolute atomic E-state index is 0.00978. The molecular formula is C30H46O16S2-2. The highest BCUT2D eigenvalue weighted by atomic mass is 32.2. The van der Waals surface area contributed by atoms with Crippen molar-refractivity contribution in [1.29, 1.82) is 0 Å². The van der Waals surface area contributed by atoms with Crippen molar-refractivity contribution in [1.82, 2.24) is 0 Å². The van der Waals surface area contributed by atoms with Gasteiger partial charge in [0.2, 0.25) is 0 Å². The number of aliphatic hydroxyl groups is 2. The van der Waals surface area contributed by atoms with Crippen molar-refractivity contribution < 1.29 is 76.7 Å². The van der Waals surface area contributed by atoms with Crippen LogP contribution in [0.2, 0.25) is 0 Å². The van der Waals surface area contributed by atoms with Gasteiger partial charge in [-0.3, -0.25) is 28.0 Å². The van der Waals surface area contributed by atoms with Crippen LogP contribution in [0, 0.1) is 46.3 Å². The van der Waals surface area contributed by atoms with Gasteiger partial charge in [0.05, 0.1) is 24.7 Å². The van der Waals surface area contributed by atoms with Gasteiger partial charge in [0.15, 0.2) is 37.0 Å². The maximum Gasteiger partial charge on any atom is 0.306 e. The third-order valence-electron chi connectivity index (χ3n) is 11.9. The summed E-state index contributed by atoms with van der Waals surface area (Å²) >= 11 is 0.208. The van der Waals surface area contributed by atoms with Gasteiger partial charge in [-0.15, -0.1) is 8.67 Å². The summed E-state index contributed by atoms with van der Waals surface area (Å²) in [7, 11) is 0. The Hall–Kier alpha value is -0.840. The molecule has 5 fully saturated rings. The largest absolute Gasteiger partial charge is 0.691 e. The van der Waals surface area contributed by atoms with E-state index in [1.165, 1.54) is 0 Å². The maximum absolute atomic E-state index is 13.0. The second-order valence-corrected chi connectivity index (χ2v) is 15.7. The van der Waals surface area contributed by atoms with Crippen LogP contribution in [0.1, 0.15) is 79.1 Å². The van der Waals surface area contributed by atoms with E-state index in [9.17, 15) is 35.4 Å². The predicted octanol–water partition coefficient (Wildman–Crippen LogP) is 1.71. The first-order chi connectivity index (χ1) is 22.9. The minimum atomic E-state index is -1.40. The van der Waals surface area contributed by atoms with Gasteiger partial charge in [-0.1, -0.05) is 27.7 Å². The maximum atomic E-state index is 13.0. The van der Waals surface area contributed by atoms with E-state index in [1.807, 2.05) is 13.8 Å². The van der Waals surface area contributed by atoms with E-state index in [0.29, 0.717) is 18.8 Å². The molecule has 1 heterocycles. The van der Waals surface area contributed by atoms with Crippen molar-refractivity contribution >= 4 is 36.6 Å². The molecular weight excluding hydrogens is 680 g/mol. The quantitative estimate of drug-likeness (QED) is 0.0545. The first-order valence-electron chi connectivity index (χ1n) is 16.5. The van der Waals surface area contributed by atoms with E-state index in [0.717, 1.165) is 25.7 Å². The van der Waals surface area contributed by atoms with Crippen molar-refractivity contribution in [2.45, 2.75) is 122 Å². The molecule has 14 atom stereocenters. The van der Waals surface area contributed by atoms with Crippen molar-refractivity contribution in [2.75, 3.05) is 6.61 Å². The zero-order chi connectivity index (χ0) is 34.8. The smallest absolute Gasteiger partial charge is 0.306 e. The number of carboxylic acids is 1. The fourth-order valence-electron chi connectivity index (χ4n) is 10.1. The van der Waals surface area contributed by atoms with Gasteiger partial charge in [-0.2, -0.15) is 0 Å². The Balaban J connectivity index is 1.45. The molecule has 0 aromatic heterocycles. The summed E-state index contributed by atoms with van der Waals surface area (Å²) in [5.74, 6) is -1.82. The van der Waals surface area contributed by atoms with Crippen LogP contribution >= 0.6 is 24.6 Å². The molecule has 5 rings (SSSR count). The van der Waals surface area contributed by atoms with E-state index < -0.39 is 72.8 Å². The predicted molar refractivity (Wildman–Crippen MR) is 159 cm³/mol. The van der Waals surface area contributed by atoms with Crippen LogP contribution in [0.25, 0.3) is 0 Å². The summed E-state index contributed by atoms with van der Waals surface area (Å²) in [6, 6.07) is 0. The number of aliphatic hydroxyl groups excluding tert-OH is 2. The molecule has 1 spiro atoms. The SMILES string of the molecule is CC(C)CC(=O)OC1[C@H](OC2CC(C(=O)O)C3CCC45CC(CCC4C3(C)C2)C(C)[C@@H]5O)OC(CO)[C@@H](OSOO[O-])[C@H]1OSOO[O-]. The molecule has 0 radical (unpaired) electrons. The van der Waals surface area contributed by atoms with Crippen LogP contribution in [0.15, 0.2) is 0 Å². The second-order valence-electron chi connectivity index (χ2n) is 14.7. The Bertz CT molecular complexity index is 1100. The number of ether oxygens (including phenoxy) is 3. The van der Waals surface area contributed by atoms with E-state index in [1.54, 1.807) is 0 Å². The number of carbonyl (C=O) groups excluding carboxylic acids is 1. The molecule has 5 aliphatic rings. The van der Waals surface area contributed by atoms with E-state index in [-0.39, 0.29) is 66.6 Å². The molecule has 10 unspecified atom stereocenters. The molecule has 276 valence electrons. The molecule has 16 nitrogen and oxygen atoms in total. The molecule has 1 aliphatic heterocycles. The lowest BCUT2D eigenvalue weighted by Gasteiger charge is -2.62. The van der Waals surface area contributed by atoms with E-state index >= 15 is 0 Å². The van der Waals surface area contributed by atoms with Crippen molar-refractivity contribution in [3.63, 3.8) is 0 Å². The highest BCUT2D eigenvalue weighted by Crippen LogP contribution is 2.71. The summed E-state index contributed by atoms with van der Waals surface area (Å²) in [5, 5.41) is 60.0. The Labute approximate surface area is 287 Å². The van der Waals surface area contributed by atoms with E-state index in [2.05, 4.69) is 32.6 Å². The average molecular weight is 727 g/mol. The first kappa shape index (κ1) is 38.4. The van der Waals surface area contributed by atoms with Gasteiger partial charge in [-0.05, 0) is 80.0 Å². The molecule has 0 aromatic rings. The molecule has 4 saturated carbocycles. The number of carbonyl (C=O) groups is 2. The van der Waals surface area contributed by atoms with Crippen molar-refractivity contribution in [3.8, 4) is 0 Å². The van der Waals surface area contributed by atoms with Crippen LogP contribution in [-0.4, -0.2) is 76.8 Å². The molecule has 3 N–H and O–H groups in total. The Morgan fingerprint density at radius 1 is 1.02 bits per heavy atom. The first-order valence-corrected chi connectivity index (χ1v) is 17.8. The summed E-state index contributed by atoms with van der Waals surface area (Å²) in [6.45, 7) is 7.22. The third kappa shape index (κ3) is 7.53. The van der Waals surface area contributed by atoms with Crippen LogP contribution in [0.5, 0.6) is 0 Å². The highest BCUT2D eigenvalue weighted by molar-refractivity contribution is 7.90. The van der Waals surface area contributed by atoms with Gasteiger partial charge in [-0.25, -0.2) is 0 Å². The zero-order valence-electron chi connectivity index (χ0n) is 27.3. The normalized spacial score (nSPS) is 43.9. The van der Waals surface area contributed by atoms with Gasteiger partial charge < -0.3 is 40.0 Å². The average Bonchev–Trinajstić information content (AvgIpc) is 3.21. The number of rotatable bonds is 15.